The molecule has 0 unspecified atom stereocenters. The molecule has 2 N–H and O–H groups in total. The first-order valence-corrected chi connectivity index (χ1v) is 7.92. The van der Waals surface area contributed by atoms with E-state index in [1.54, 1.807) is 36.4 Å². The number of benzene rings is 3. The summed E-state index contributed by atoms with van der Waals surface area (Å²) in [6.45, 7) is 4.06. The lowest BCUT2D eigenvalue weighted by atomic mass is 9.77. The summed E-state index contributed by atoms with van der Waals surface area (Å²) in [6, 6.07) is 17.8. The van der Waals surface area contributed by atoms with Crippen LogP contribution in [-0.4, -0.2) is 10.2 Å². The maximum absolute atomic E-state index is 9.88. The highest BCUT2D eigenvalue weighted by molar-refractivity contribution is 5.75. The van der Waals surface area contributed by atoms with Crippen LogP contribution in [0.2, 0.25) is 0 Å². The van der Waals surface area contributed by atoms with Gasteiger partial charge in [-0.25, -0.2) is 0 Å². The standard InChI is InChI=1S/C21H14O4/c1-12-15-4-2-3-5-16(15)21(25-12)17-8-6-13(22)10-19(17)24-20-11-14(23)7-9-18(20)21/h2-11,22-23H,1H2. The SMILES string of the molecule is C=C1OC2(c3ccc(O)cc3Oc3cc(O)ccc32)c2ccccc21. The van der Waals surface area contributed by atoms with Gasteiger partial charge in [-0.2, -0.15) is 0 Å². The third kappa shape index (κ3) is 1.71. The molecule has 2 aliphatic rings. The topological polar surface area (TPSA) is 58.9 Å². The van der Waals surface area contributed by atoms with E-state index in [0.717, 1.165) is 22.3 Å². The predicted molar refractivity (Wildman–Crippen MR) is 92.7 cm³/mol. The zero-order valence-corrected chi connectivity index (χ0v) is 13.2. The molecule has 0 aliphatic carbocycles. The van der Waals surface area contributed by atoms with Gasteiger partial charge in [0.05, 0.1) is 0 Å². The molecule has 2 heterocycles. The third-order valence-electron chi connectivity index (χ3n) is 4.79. The quantitative estimate of drug-likeness (QED) is 0.637. The molecule has 4 heteroatoms. The second-order valence-electron chi connectivity index (χ2n) is 6.21. The van der Waals surface area contributed by atoms with E-state index < -0.39 is 5.60 Å². The molecule has 0 fully saturated rings. The minimum absolute atomic E-state index is 0.0996. The zero-order chi connectivity index (χ0) is 17.2. The minimum Gasteiger partial charge on any atom is -0.508 e. The molecule has 4 nitrogen and oxygen atoms in total. The highest BCUT2D eigenvalue weighted by atomic mass is 16.5. The van der Waals surface area contributed by atoms with Crippen LogP contribution >= 0.6 is 0 Å². The molecule has 1 spiro atoms. The van der Waals surface area contributed by atoms with Crippen molar-refractivity contribution >= 4 is 5.76 Å². The normalized spacial score (nSPS) is 15.8. The average molecular weight is 330 g/mol. The van der Waals surface area contributed by atoms with Crippen molar-refractivity contribution in [2.45, 2.75) is 5.60 Å². The second kappa shape index (κ2) is 4.57. The van der Waals surface area contributed by atoms with E-state index in [0.29, 0.717) is 17.3 Å². The summed E-state index contributed by atoms with van der Waals surface area (Å²) in [5.74, 6) is 1.76. The third-order valence-corrected chi connectivity index (χ3v) is 4.79. The van der Waals surface area contributed by atoms with Crippen LogP contribution < -0.4 is 4.74 Å². The first kappa shape index (κ1) is 14.0. The van der Waals surface area contributed by atoms with Crippen molar-refractivity contribution in [2.24, 2.45) is 0 Å². The summed E-state index contributed by atoms with van der Waals surface area (Å²) in [5.41, 5.74) is 2.55. The molecule has 0 atom stereocenters. The second-order valence-corrected chi connectivity index (χ2v) is 6.21. The molecule has 0 saturated carbocycles. The first-order valence-electron chi connectivity index (χ1n) is 7.92. The van der Waals surface area contributed by atoms with Gasteiger partial charge in [0.15, 0.2) is 5.60 Å². The average Bonchev–Trinajstić information content (AvgIpc) is 2.88. The van der Waals surface area contributed by atoms with Crippen LogP contribution in [0.5, 0.6) is 23.0 Å². The first-order chi connectivity index (χ1) is 12.1. The number of hydrogen-bond donors (Lipinski definition) is 2. The Morgan fingerprint density at radius 3 is 2.00 bits per heavy atom. The van der Waals surface area contributed by atoms with Crippen molar-refractivity contribution < 1.29 is 19.7 Å². The van der Waals surface area contributed by atoms with E-state index in [9.17, 15) is 10.2 Å². The van der Waals surface area contributed by atoms with E-state index >= 15 is 0 Å². The van der Waals surface area contributed by atoms with Gasteiger partial charge in [-0.15, -0.1) is 0 Å². The fraction of sp³-hybridized carbons (Fsp3) is 0.0476. The lowest BCUT2D eigenvalue weighted by molar-refractivity contribution is 0.125. The summed E-state index contributed by atoms with van der Waals surface area (Å²) in [5, 5.41) is 19.8. The molecule has 0 aromatic heterocycles. The Hall–Kier alpha value is -3.40. The summed E-state index contributed by atoms with van der Waals surface area (Å²) in [6.07, 6.45) is 0. The van der Waals surface area contributed by atoms with Crippen molar-refractivity contribution in [2.75, 3.05) is 0 Å². The van der Waals surface area contributed by atoms with Gasteiger partial charge < -0.3 is 19.7 Å². The van der Waals surface area contributed by atoms with Gasteiger partial charge in [0, 0.05) is 34.4 Å². The Balaban J connectivity index is 1.91. The van der Waals surface area contributed by atoms with Crippen molar-refractivity contribution in [3.8, 4) is 23.0 Å². The zero-order valence-electron chi connectivity index (χ0n) is 13.2. The molecule has 3 aromatic carbocycles. The molecule has 0 bridgehead atoms. The molecule has 2 aliphatic heterocycles. The van der Waals surface area contributed by atoms with Crippen LogP contribution in [-0.2, 0) is 10.3 Å². The molecule has 0 amide bonds. The maximum atomic E-state index is 9.88. The fourth-order valence-corrected chi connectivity index (χ4v) is 3.76. The fourth-order valence-electron chi connectivity index (χ4n) is 3.76. The summed E-state index contributed by atoms with van der Waals surface area (Å²) in [4.78, 5) is 0. The van der Waals surface area contributed by atoms with Gasteiger partial charge in [-0.1, -0.05) is 30.8 Å². The monoisotopic (exact) mass is 330 g/mol. The lowest BCUT2D eigenvalue weighted by Gasteiger charge is -2.37. The van der Waals surface area contributed by atoms with Crippen LogP contribution in [0.3, 0.4) is 0 Å². The van der Waals surface area contributed by atoms with E-state index in [4.69, 9.17) is 9.47 Å². The van der Waals surface area contributed by atoms with E-state index in [1.165, 1.54) is 0 Å². The molecule has 0 radical (unpaired) electrons. The molecule has 3 aromatic rings. The van der Waals surface area contributed by atoms with E-state index in [2.05, 4.69) is 6.58 Å². The molecule has 25 heavy (non-hydrogen) atoms. The largest absolute Gasteiger partial charge is 0.508 e. The predicted octanol–water partition coefficient (Wildman–Crippen LogP) is 4.50. The number of hydrogen-bond acceptors (Lipinski definition) is 4. The number of phenols is 2. The summed E-state index contributed by atoms with van der Waals surface area (Å²) in [7, 11) is 0. The van der Waals surface area contributed by atoms with Gasteiger partial charge >= 0.3 is 0 Å². The molecule has 0 saturated heterocycles. The van der Waals surface area contributed by atoms with Crippen molar-refractivity contribution in [1.82, 2.24) is 0 Å². The minimum atomic E-state index is -0.919. The Morgan fingerprint density at radius 2 is 1.36 bits per heavy atom. The molecule has 5 rings (SSSR count). The Kier molecular flexibility index (Phi) is 2.56. The van der Waals surface area contributed by atoms with Gasteiger partial charge in [-0.3, -0.25) is 0 Å². The number of aromatic hydroxyl groups is 2. The van der Waals surface area contributed by atoms with Crippen LogP contribution in [0.25, 0.3) is 5.76 Å². The van der Waals surface area contributed by atoms with Crippen LogP contribution in [0.1, 0.15) is 22.3 Å². The molecule has 122 valence electrons. The van der Waals surface area contributed by atoms with Crippen LogP contribution in [0.4, 0.5) is 0 Å². The summed E-state index contributed by atoms with van der Waals surface area (Å²) < 4.78 is 12.3. The maximum Gasteiger partial charge on any atom is 0.192 e. The van der Waals surface area contributed by atoms with Gasteiger partial charge in [0.2, 0.25) is 0 Å². The van der Waals surface area contributed by atoms with Gasteiger partial charge in [0.1, 0.15) is 28.8 Å². The highest BCUT2D eigenvalue weighted by Crippen LogP contribution is 2.58. The molecular formula is C21H14O4. The smallest absolute Gasteiger partial charge is 0.192 e. The van der Waals surface area contributed by atoms with Crippen molar-refractivity contribution in [3.05, 3.63) is 89.5 Å². The Morgan fingerprint density at radius 1 is 0.760 bits per heavy atom. The number of ether oxygens (including phenoxy) is 2. The van der Waals surface area contributed by atoms with Gasteiger partial charge in [-0.05, 0) is 24.3 Å². The summed E-state index contributed by atoms with van der Waals surface area (Å²) >= 11 is 0. The number of fused-ring (bicyclic) bond motifs is 6. The van der Waals surface area contributed by atoms with Crippen molar-refractivity contribution in [3.63, 3.8) is 0 Å². The van der Waals surface area contributed by atoms with E-state index in [-0.39, 0.29) is 11.5 Å². The molecular weight excluding hydrogens is 316 g/mol. The van der Waals surface area contributed by atoms with Crippen LogP contribution in [0.15, 0.2) is 67.2 Å². The number of phenolic OH excluding ortho intramolecular Hbond substituents is 2. The number of rotatable bonds is 0. The Bertz CT molecular complexity index is 1000. The van der Waals surface area contributed by atoms with Gasteiger partial charge in [0.25, 0.3) is 0 Å². The Labute approximate surface area is 144 Å². The van der Waals surface area contributed by atoms with Crippen LogP contribution in [0, 0.1) is 0 Å². The lowest BCUT2D eigenvalue weighted by Crippen LogP contribution is -2.32. The van der Waals surface area contributed by atoms with E-state index in [1.807, 2.05) is 24.3 Å². The highest BCUT2D eigenvalue weighted by Gasteiger charge is 2.51. The van der Waals surface area contributed by atoms with Crippen molar-refractivity contribution in [1.29, 1.82) is 0 Å².